The number of nitrogens with zero attached hydrogens (tertiary/aromatic N) is 3. The fraction of sp³-hybridized carbons (Fsp3) is 0.231. The van der Waals surface area contributed by atoms with Crippen molar-refractivity contribution in [1.29, 1.82) is 0 Å². The molecule has 0 saturated heterocycles. The first-order chi connectivity index (χ1) is 17.6. The van der Waals surface area contributed by atoms with Gasteiger partial charge in [-0.2, -0.15) is 5.10 Å². The van der Waals surface area contributed by atoms with Gasteiger partial charge in [0.15, 0.2) is 0 Å². The summed E-state index contributed by atoms with van der Waals surface area (Å²) in [5.74, 6) is 1.86. The molecule has 0 aliphatic carbocycles. The highest BCUT2D eigenvalue weighted by atomic mass is 32.2. The number of rotatable bonds is 5. The Balaban J connectivity index is 1.14. The molecule has 9 nitrogen and oxygen atoms in total. The number of thioether (sulfide) groups is 1. The molecule has 0 spiro atoms. The lowest BCUT2D eigenvalue weighted by atomic mass is 9.94. The Morgan fingerprint density at radius 3 is 3.08 bits per heavy atom. The average molecular weight is 502 g/mol. The van der Waals surface area contributed by atoms with Crippen molar-refractivity contribution >= 4 is 45.9 Å². The Morgan fingerprint density at radius 1 is 1.28 bits per heavy atom. The fourth-order valence-corrected chi connectivity index (χ4v) is 5.35. The van der Waals surface area contributed by atoms with Gasteiger partial charge >= 0.3 is 0 Å². The van der Waals surface area contributed by atoms with E-state index in [1.807, 2.05) is 35.1 Å². The van der Waals surface area contributed by atoms with Crippen LogP contribution in [0.1, 0.15) is 15.9 Å². The maximum atomic E-state index is 12.8. The number of pyridine rings is 1. The van der Waals surface area contributed by atoms with Crippen LogP contribution in [0, 0.1) is 5.92 Å². The van der Waals surface area contributed by atoms with Crippen LogP contribution in [0.4, 0.5) is 11.4 Å². The van der Waals surface area contributed by atoms with E-state index in [0.29, 0.717) is 35.8 Å². The third kappa shape index (κ3) is 4.35. The topological polar surface area (TPSA) is 107 Å². The molecule has 2 aliphatic rings. The zero-order chi connectivity index (χ0) is 24.6. The van der Waals surface area contributed by atoms with Gasteiger partial charge in [-0.3, -0.25) is 19.3 Å². The number of anilines is 2. The molecule has 2 aromatic heterocycles. The van der Waals surface area contributed by atoms with Crippen LogP contribution < -0.4 is 20.1 Å². The molecule has 36 heavy (non-hydrogen) atoms. The number of carbonyl (C=O) groups is 2. The molecule has 4 aromatic rings. The number of aromatic nitrogens is 3. The van der Waals surface area contributed by atoms with Crippen LogP contribution in [0.2, 0.25) is 0 Å². The minimum atomic E-state index is -0.259. The van der Waals surface area contributed by atoms with E-state index in [0.717, 1.165) is 39.3 Å². The van der Waals surface area contributed by atoms with Crippen LogP contribution in [-0.2, 0) is 17.8 Å². The zero-order valence-electron chi connectivity index (χ0n) is 19.5. The van der Waals surface area contributed by atoms with Crippen molar-refractivity contribution in [2.24, 2.45) is 5.92 Å². The average Bonchev–Trinajstić information content (AvgIpc) is 3.34. The summed E-state index contributed by atoms with van der Waals surface area (Å²) in [6.07, 6.45) is 6.06. The number of hydrogen-bond acceptors (Lipinski definition) is 7. The summed E-state index contributed by atoms with van der Waals surface area (Å²) in [4.78, 5) is 29.9. The Kier molecular flexibility index (Phi) is 5.73. The Labute approximate surface area is 211 Å². The van der Waals surface area contributed by atoms with Crippen LogP contribution in [-0.4, -0.2) is 46.0 Å². The van der Waals surface area contributed by atoms with E-state index in [4.69, 9.17) is 9.47 Å². The highest BCUT2D eigenvalue weighted by Gasteiger charge is 2.24. The number of amides is 2. The van der Waals surface area contributed by atoms with E-state index >= 15 is 0 Å². The van der Waals surface area contributed by atoms with Gasteiger partial charge in [-0.1, -0.05) is 0 Å². The summed E-state index contributed by atoms with van der Waals surface area (Å²) >= 11 is 1.46. The first-order valence-electron chi connectivity index (χ1n) is 11.5. The van der Waals surface area contributed by atoms with Gasteiger partial charge in [-0.25, -0.2) is 0 Å². The van der Waals surface area contributed by atoms with Gasteiger partial charge in [0.05, 0.1) is 48.8 Å². The summed E-state index contributed by atoms with van der Waals surface area (Å²) < 4.78 is 13.2. The number of methoxy groups -OCH3 is 1. The van der Waals surface area contributed by atoms with Gasteiger partial charge in [0.1, 0.15) is 11.5 Å². The molecule has 182 valence electrons. The molecule has 1 atom stereocenters. The maximum absolute atomic E-state index is 12.8. The van der Waals surface area contributed by atoms with Crippen molar-refractivity contribution in [2.45, 2.75) is 17.9 Å². The summed E-state index contributed by atoms with van der Waals surface area (Å²) in [5.41, 5.74) is 3.76. The van der Waals surface area contributed by atoms with E-state index in [-0.39, 0.29) is 17.7 Å². The second-order valence-corrected chi connectivity index (χ2v) is 9.84. The van der Waals surface area contributed by atoms with Crippen LogP contribution >= 0.6 is 11.8 Å². The van der Waals surface area contributed by atoms with E-state index in [1.165, 1.54) is 11.8 Å². The predicted octanol–water partition coefficient (Wildman–Crippen LogP) is 3.99. The first-order valence-corrected chi connectivity index (χ1v) is 12.5. The zero-order valence-corrected chi connectivity index (χ0v) is 20.3. The van der Waals surface area contributed by atoms with Crippen molar-refractivity contribution in [2.75, 3.05) is 30.1 Å². The number of nitrogens with one attached hydrogen (secondary N) is 2. The van der Waals surface area contributed by atoms with Gasteiger partial charge < -0.3 is 20.1 Å². The van der Waals surface area contributed by atoms with Crippen LogP contribution in [0.25, 0.3) is 10.9 Å². The minimum absolute atomic E-state index is 0.0657. The Morgan fingerprint density at radius 2 is 2.19 bits per heavy atom. The SMILES string of the molecule is COc1ccc2ncc3c(c2c1)CC(Cn1cc(NC(=O)c2ccc4c(c2)NC(=O)CS4)cn1)CO3. The molecule has 2 amide bonds. The molecule has 0 radical (unpaired) electrons. The standard InChI is InChI=1S/C26H23N5O4S/c1-34-18-3-4-21-19(8-18)20-6-15(13-35-23(20)10-27-21)11-31-12-17(9-28-31)29-26(33)16-2-5-24-22(7-16)30-25(32)14-36-24/h2-5,7-10,12,15H,6,11,13-14H2,1H3,(H,29,33)(H,30,32). The molecule has 0 saturated carbocycles. The van der Waals surface area contributed by atoms with Gasteiger partial charge in [0, 0.05) is 40.1 Å². The summed E-state index contributed by atoms with van der Waals surface area (Å²) in [7, 11) is 1.65. The number of carbonyl (C=O) groups excluding carboxylic acids is 2. The van der Waals surface area contributed by atoms with Crippen molar-refractivity contribution in [3.63, 3.8) is 0 Å². The molecule has 10 heteroatoms. The molecule has 6 rings (SSSR count). The second-order valence-electron chi connectivity index (χ2n) is 8.82. The van der Waals surface area contributed by atoms with E-state index in [9.17, 15) is 9.59 Å². The highest BCUT2D eigenvalue weighted by molar-refractivity contribution is 8.00. The molecular formula is C26H23N5O4S. The molecule has 2 aromatic carbocycles. The van der Waals surface area contributed by atoms with Gasteiger partial charge in [0.2, 0.25) is 5.91 Å². The maximum Gasteiger partial charge on any atom is 0.255 e. The van der Waals surface area contributed by atoms with Crippen molar-refractivity contribution in [1.82, 2.24) is 14.8 Å². The van der Waals surface area contributed by atoms with Crippen molar-refractivity contribution in [3.8, 4) is 11.5 Å². The largest absolute Gasteiger partial charge is 0.497 e. The quantitative estimate of drug-likeness (QED) is 0.426. The smallest absolute Gasteiger partial charge is 0.255 e. The summed E-state index contributed by atoms with van der Waals surface area (Å²) in [6.45, 7) is 1.20. The molecule has 0 bridgehead atoms. The highest BCUT2D eigenvalue weighted by Crippen LogP contribution is 2.35. The van der Waals surface area contributed by atoms with Gasteiger partial charge in [-0.05, 0) is 42.8 Å². The monoisotopic (exact) mass is 501 g/mol. The van der Waals surface area contributed by atoms with Crippen molar-refractivity contribution < 1.29 is 19.1 Å². The number of benzene rings is 2. The minimum Gasteiger partial charge on any atom is -0.497 e. The number of fused-ring (bicyclic) bond motifs is 4. The molecular weight excluding hydrogens is 478 g/mol. The second kappa shape index (κ2) is 9.19. The Hall–Kier alpha value is -4.05. The molecule has 2 N–H and O–H groups in total. The fourth-order valence-electron chi connectivity index (χ4n) is 4.56. The lowest BCUT2D eigenvalue weighted by molar-refractivity contribution is -0.113. The normalized spacial score (nSPS) is 16.5. The Bertz CT molecular complexity index is 1500. The lowest BCUT2D eigenvalue weighted by Gasteiger charge is -2.26. The third-order valence-electron chi connectivity index (χ3n) is 6.33. The van der Waals surface area contributed by atoms with Gasteiger partial charge in [0.25, 0.3) is 5.91 Å². The first kappa shape index (κ1) is 22.4. The van der Waals surface area contributed by atoms with Crippen LogP contribution in [0.15, 0.2) is 59.9 Å². The summed E-state index contributed by atoms with van der Waals surface area (Å²) in [6, 6.07) is 11.2. The van der Waals surface area contributed by atoms with E-state index in [1.54, 1.807) is 31.6 Å². The van der Waals surface area contributed by atoms with E-state index < -0.39 is 0 Å². The molecule has 1 unspecified atom stereocenters. The van der Waals surface area contributed by atoms with E-state index in [2.05, 4.69) is 20.7 Å². The number of ether oxygens (including phenoxy) is 2. The van der Waals surface area contributed by atoms with Crippen molar-refractivity contribution in [3.05, 3.63) is 66.1 Å². The molecule has 2 aliphatic heterocycles. The summed E-state index contributed by atoms with van der Waals surface area (Å²) in [5, 5.41) is 11.2. The van der Waals surface area contributed by atoms with Crippen LogP contribution in [0.5, 0.6) is 11.5 Å². The lowest BCUT2D eigenvalue weighted by Crippen LogP contribution is -2.25. The third-order valence-corrected chi connectivity index (χ3v) is 7.40. The number of hydrogen-bond donors (Lipinski definition) is 2. The molecule has 4 heterocycles. The predicted molar refractivity (Wildman–Crippen MR) is 137 cm³/mol. The van der Waals surface area contributed by atoms with Crippen LogP contribution in [0.3, 0.4) is 0 Å². The molecule has 0 fully saturated rings. The van der Waals surface area contributed by atoms with Gasteiger partial charge in [-0.15, -0.1) is 11.8 Å².